The molecule has 80 valence electrons. The monoisotopic (exact) mass is 250 g/mol. The van der Waals surface area contributed by atoms with Crippen molar-refractivity contribution in [1.29, 1.82) is 0 Å². The molecule has 0 spiro atoms. The number of hydrogen-bond donors (Lipinski definition) is 1. The van der Waals surface area contributed by atoms with E-state index >= 15 is 0 Å². The third kappa shape index (κ3) is 10.5. The maximum atomic E-state index is 10.6. The molecule has 1 atom stereocenters. The number of carbonyl (C=O) groups excluding carboxylic acids is 1. The van der Waals surface area contributed by atoms with Crippen LogP contribution in [0.5, 0.6) is 0 Å². The second-order valence-electron chi connectivity index (χ2n) is 2.53. The molecule has 0 heterocycles. The van der Waals surface area contributed by atoms with Gasteiger partial charge in [-0.15, -0.1) is 0 Å². The first kappa shape index (κ1) is 16.8. The summed E-state index contributed by atoms with van der Waals surface area (Å²) in [6.07, 6.45) is 0.509. The van der Waals surface area contributed by atoms with Crippen molar-refractivity contribution in [3.8, 4) is 0 Å². The molecule has 0 aromatic carbocycles. The van der Waals surface area contributed by atoms with Crippen molar-refractivity contribution >= 4 is 53.8 Å². The average molecular weight is 250 g/mol. The second kappa shape index (κ2) is 7.64. The average Bonchev–Trinajstić information content (AvgIpc) is 1.99. The van der Waals surface area contributed by atoms with Crippen molar-refractivity contribution in [3.63, 3.8) is 0 Å². The molecule has 1 N–H and O–H groups in total. The minimum absolute atomic E-state index is 0. The molecule has 7 heteroatoms. The van der Waals surface area contributed by atoms with E-state index in [0.717, 1.165) is 6.08 Å². The van der Waals surface area contributed by atoms with E-state index in [9.17, 15) is 13.2 Å². The first-order chi connectivity index (χ1) is 5.85. The van der Waals surface area contributed by atoms with Crippen LogP contribution >= 0.6 is 0 Å². The van der Waals surface area contributed by atoms with Crippen LogP contribution in [0.1, 0.15) is 16.2 Å². The Hall–Kier alpha value is 0.380. The van der Waals surface area contributed by atoms with Crippen LogP contribution in [0.3, 0.4) is 0 Å². The Kier molecular flexibility index (Phi) is 9.17. The van der Waals surface area contributed by atoms with Crippen LogP contribution in [0.25, 0.3) is 0 Å². The van der Waals surface area contributed by atoms with Gasteiger partial charge in [-0.05, 0) is 6.92 Å². The van der Waals surface area contributed by atoms with Crippen LogP contribution in [0.2, 0.25) is 0 Å². The van der Waals surface area contributed by atoms with Gasteiger partial charge in [0.05, 0.1) is 5.75 Å². The summed E-state index contributed by atoms with van der Waals surface area (Å²) in [6.45, 7) is 4.71. The maximum absolute atomic E-state index is 10.6. The van der Waals surface area contributed by atoms with E-state index in [-0.39, 0.29) is 47.0 Å². The van der Waals surface area contributed by atoms with Crippen LogP contribution in [0, 0.1) is 0 Å². The van der Waals surface area contributed by atoms with Crippen molar-refractivity contribution in [2.24, 2.45) is 0 Å². The van der Waals surface area contributed by atoms with Crippen LogP contribution in [0.4, 0.5) is 0 Å². The van der Waals surface area contributed by atoms with Gasteiger partial charge in [0.15, 0.2) is 0 Å². The minimum Gasteiger partial charge on any atom is -1.00 e. The zero-order valence-corrected chi connectivity index (χ0v) is 11.0. The summed E-state index contributed by atoms with van der Waals surface area (Å²) in [7, 11) is -3.98. The quantitative estimate of drug-likeness (QED) is 0.327. The van der Waals surface area contributed by atoms with E-state index in [1.165, 1.54) is 6.92 Å². The molecule has 0 saturated carbocycles. The smallest absolute Gasteiger partial charge is 1.00 e. The molecule has 0 aliphatic carbocycles. The van der Waals surface area contributed by atoms with Crippen molar-refractivity contribution in [1.82, 2.24) is 0 Å². The topological polar surface area (TPSA) is 80.7 Å². The second-order valence-corrected chi connectivity index (χ2v) is 4.10. The molecule has 0 aromatic heterocycles. The van der Waals surface area contributed by atoms with Crippen molar-refractivity contribution in [2.75, 3.05) is 5.75 Å². The van der Waals surface area contributed by atoms with Gasteiger partial charge in [-0.1, -0.05) is 6.58 Å². The number of carbonyl (C=O) groups is 1. The molecule has 0 aliphatic rings. The summed E-state index contributed by atoms with van der Waals surface area (Å²) < 4.78 is 33.6. The molecule has 0 bridgehead atoms. The fourth-order valence-electron chi connectivity index (χ4n) is 0.620. The SMILES string of the molecule is C=CC(=O)OC(C)CCS(=O)(=O)O.[Ca+2].[H-].[H-]. The Morgan fingerprint density at radius 3 is 2.57 bits per heavy atom. The summed E-state index contributed by atoms with van der Waals surface area (Å²) in [5, 5.41) is 0. The first-order valence-electron chi connectivity index (χ1n) is 3.63. The molecular formula is C7H14CaO5S. The summed E-state index contributed by atoms with van der Waals surface area (Å²) in [5.41, 5.74) is 0. The van der Waals surface area contributed by atoms with E-state index in [1.807, 2.05) is 0 Å². The van der Waals surface area contributed by atoms with Gasteiger partial charge in [-0.3, -0.25) is 4.55 Å². The molecule has 1 unspecified atom stereocenters. The Balaban J connectivity index is -0.000000240. The Labute approximate surface area is 116 Å². The van der Waals surface area contributed by atoms with E-state index in [2.05, 4.69) is 11.3 Å². The first-order valence-corrected chi connectivity index (χ1v) is 5.24. The molecule has 0 saturated heterocycles. The van der Waals surface area contributed by atoms with E-state index < -0.39 is 27.9 Å². The van der Waals surface area contributed by atoms with Gasteiger partial charge in [0.2, 0.25) is 0 Å². The Morgan fingerprint density at radius 1 is 1.71 bits per heavy atom. The summed E-state index contributed by atoms with van der Waals surface area (Å²) in [5.74, 6) is -1.03. The summed E-state index contributed by atoms with van der Waals surface area (Å²) in [4.78, 5) is 10.6. The Morgan fingerprint density at radius 2 is 2.21 bits per heavy atom. The van der Waals surface area contributed by atoms with Gasteiger partial charge in [-0.2, -0.15) is 8.42 Å². The van der Waals surface area contributed by atoms with Gasteiger partial charge in [-0.25, -0.2) is 4.79 Å². The molecule has 14 heavy (non-hydrogen) atoms. The molecular weight excluding hydrogens is 236 g/mol. The molecule has 0 fully saturated rings. The predicted octanol–water partition coefficient (Wildman–Crippen LogP) is 0.226. The van der Waals surface area contributed by atoms with Gasteiger partial charge in [0.25, 0.3) is 10.1 Å². The maximum Gasteiger partial charge on any atom is 2.00 e. The van der Waals surface area contributed by atoms with Crippen LogP contribution in [0.15, 0.2) is 12.7 Å². The fourth-order valence-corrected chi connectivity index (χ4v) is 1.25. The van der Waals surface area contributed by atoms with E-state index in [1.54, 1.807) is 0 Å². The number of hydrogen-bond acceptors (Lipinski definition) is 4. The van der Waals surface area contributed by atoms with Crippen LogP contribution in [-0.4, -0.2) is 68.5 Å². The van der Waals surface area contributed by atoms with Crippen LogP contribution in [-0.2, 0) is 19.6 Å². The largest absolute Gasteiger partial charge is 2.00 e. The molecule has 0 radical (unpaired) electrons. The molecule has 0 rings (SSSR count). The van der Waals surface area contributed by atoms with E-state index in [4.69, 9.17) is 4.55 Å². The van der Waals surface area contributed by atoms with Gasteiger partial charge >= 0.3 is 43.7 Å². The Bertz CT molecular complexity index is 293. The fraction of sp³-hybridized carbons (Fsp3) is 0.571. The van der Waals surface area contributed by atoms with Crippen molar-refractivity contribution in [2.45, 2.75) is 19.4 Å². The minimum atomic E-state index is -3.98. The summed E-state index contributed by atoms with van der Waals surface area (Å²) >= 11 is 0. The third-order valence-corrected chi connectivity index (χ3v) is 2.02. The van der Waals surface area contributed by atoms with Gasteiger partial charge in [0.1, 0.15) is 6.10 Å². The van der Waals surface area contributed by atoms with Crippen molar-refractivity contribution < 1.29 is 25.4 Å². The third-order valence-electron chi connectivity index (χ3n) is 1.27. The molecule has 0 aliphatic heterocycles. The zero-order chi connectivity index (χ0) is 10.5. The molecule has 0 aromatic rings. The molecule has 0 amide bonds. The number of ether oxygens (including phenoxy) is 1. The van der Waals surface area contributed by atoms with Crippen LogP contribution < -0.4 is 0 Å². The standard InChI is InChI=1S/C7H12O5S.Ca.2H/c1-3-7(8)12-6(2)4-5-13(9,10)11;;;/h3,6H,1,4-5H2,2H3,(H,9,10,11);;;/q;+2;2*-1. The molecule has 5 nitrogen and oxygen atoms in total. The van der Waals surface area contributed by atoms with E-state index in [0.29, 0.717) is 0 Å². The van der Waals surface area contributed by atoms with Gasteiger partial charge < -0.3 is 7.59 Å². The summed E-state index contributed by atoms with van der Waals surface area (Å²) in [6, 6.07) is 0. The van der Waals surface area contributed by atoms with Crippen molar-refractivity contribution in [3.05, 3.63) is 12.7 Å². The number of rotatable bonds is 5. The zero-order valence-electron chi connectivity index (χ0n) is 9.97. The predicted molar refractivity (Wildman–Crippen MR) is 54.8 cm³/mol. The number of esters is 1. The van der Waals surface area contributed by atoms with Gasteiger partial charge in [0, 0.05) is 12.5 Å². The normalized spacial score (nSPS) is 12.4.